The van der Waals surface area contributed by atoms with Gasteiger partial charge in [-0.2, -0.15) is 5.10 Å². The minimum Gasteiger partial charge on any atom is -0.494 e. The van der Waals surface area contributed by atoms with Gasteiger partial charge in [-0.1, -0.05) is 18.5 Å². The molecular formula is C19H21ClN2O3. The highest BCUT2D eigenvalue weighted by Gasteiger charge is 2.06. The maximum absolute atomic E-state index is 12.1. The van der Waals surface area contributed by atoms with Crippen molar-refractivity contribution in [2.75, 3.05) is 13.2 Å². The van der Waals surface area contributed by atoms with Gasteiger partial charge in [-0.3, -0.25) is 4.79 Å². The molecule has 0 heterocycles. The highest BCUT2D eigenvalue weighted by atomic mass is 35.5. The molecule has 25 heavy (non-hydrogen) atoms. The Morgan fingerprint density at radius 2 is 1.92 bits per heavy atom. The van der Waals surface area contributed by atoms with Crippen LogP contribution < -0.4 is 14.9 Å². The number of halogens is 1. The van der Waals surface area contributed by atoms with E-state index < -0.39 is 0 Å². The highest BCUT2D eigenvalue weighted by Crippen LogP contribution is 2.21. The largest absolute Gasteiger partial charge is 0.494 e. The van der Waals surface area contributed by atoms with E-state index in [0.29, 0.717) is 35.1 Å². The molecule has 0 unspecified atom stereocenters. The first-order chi connectivity index (χ1) is 12.1. The summed E-state index contributed by atoms with van der Waals surface area (Å²) in [5.41, 5.74) is 3.69. The van der Waals surface area contributed by atoms with Crippen LogP contribution in [0.3, 0.4) is 0 Å². The minimum atomic E-state index is -0.308. The number of rotatable bonds is 8. The van der Waals surface area contributed by atoms with E-state index in [2.05, 4.69) is 10.5 Å². The molecule has 0 fully saturated rings. The Morgan fingerprint density at radius 1 is 1.16 bits per heavy atom. The second kappa shape index (κ2) is 9.69. The average Bonchev–Trinajstić information content (AvgIpc) is 2.62. The standard InChI is InChI=1S/C19H21ClN2O3/c1-3-11-25-18-10-7-16(20)12-15(18)13-21-22-19(23)14-5-8-17(9-6-14)24-4-2/h5-10,12-13H,3-4,11H2,1-2H3,(H,22,23)/b21-13+. The van der Waals surface area contributed by atoms with Gasteiger partial charge in [0.15, 0.2) is 0 Å². The smallest absolute Gasteiger partial charge is 0.271 e. The van der Waals surface area contributed by atoms with Gasteiger partial charge in [0.05, 0.1) is 19.4 Å². The van der Waals surface area contributed by atoms with Gasteiger partial charge < -0.3 is 9.47 Å². The van der Waals surface area contributed by atoms with Gasteiger partial charge >= 0.3 is 0 Å². The number of carbonyl (C=O) groups excluding carboxylic acids is 1. The molecule has 0 atom stereocenters. The number of carbonyl (C=O) groups is 1. The lowest BCUT2D eigenvalue weighted by molar-refractivity contribution is 0.0955. The molecular weight excluding hydrogens is 340 g/mol. The van der Waals surface area contributed by atoms with Crippen LogP contribution in [0, 0.1) is 0 Å². The topological polar surface area (TPSA) is 59.9 Å². The molecule has 2 rings (SSSR count). The third kappa shape index (κ3) is 5.80. The minimum absolute atomic E-state index is 0.308. The number of hydrogen-bond donors (Lipinski definition) is 1. The Bertz CT molecular complexity index is 730. The predicted octanol–water partition coefficient (Wildman–Crippen LogP) is 4.29. The number of hydrogen-bond acceptors (Lipinski definition) is 4. The molecule has 0 spiro atoms. The summed E-state index contributed by atoms with van der Waals surface area (Å²) in [6.07, 6.45) is 2.41. The summed E-state index contributed by atoms with van der Waals surface area (Å²) in [6, 6.07) is 12.1. The summed E-state index contributed by atoms with van der Waals surface area (Å²) in [5, 5.41) is 4.56. The van der Waals surface area contributed by atoms with E-state index in [1.807, 2.05) is 13.8 Å². The summed E-state index contributed by atoms with van der Waals surface area (Å²) >= 11 is 6.01. The van der Waals surface area contributed by atoms with Gasteiger partial charge in [0.1, 0.15) is 11.5 Å². The monoisotopic (exact) mass is 360 g/mol. The molecule has 1 N–H and O–H groups in total. The summed E-state index contributed by atoms with van der Waals surface area (Å²) in [4.78, 5) is 12.1. The second-order valence-electron chi connectivity index (χ2n) is 5.19. The summed E-state index contributed by atoms with van der Waals surface area (Å²) in [5.74, 6) is 1.09. The number of nitrogens with zero attached hydrogens (tertiary/aromatic N) is 1. The summed E-state index contributed by atoms with van der Waals surface area (Å²) in [6.45, 7) is 5.11. The predicted molar refractivity (Wildman–Crippen MR) is 99.9 cm³/mol. The Labute approximate surface area is 152 Å². The quantitative estimate of drug-likeness (QED) is 0.564. The van der Waals surface area contributed by atoms with Crippen molar-refractivity contribution in [2.45, 2.75) is 20.3 Å². The molecule has 0 saturated heterocycles. The van der Waals surface area contributed by atoms with E-state index in [0.717, 1.165) is 12.2 Å². The fraction of sp³-hybridized carbons (Fsp3) is 0.263. The van der Waals surface area contributed by atoms with E-state index >= 15 is 0 Å². The Kier molecular flexibility index (Phi) is 7.29. The van der Waals surface area contributed by atoms with Crippen molar-refractivity contribution >= 4 is 23.7 Å². The number of amides is 1. The molecule has 0 aromatic heterocycles. The van der Waals surface area contributed by atoms with Crippen molar-refractivity contribution in [2.24, 2.45) is 5.10 Å². The number of benzene rings is 2. The fourth-order valence-corrected chi connectivity index (χ4v) is 2.24. The first-order valence-corrected chi connectivity index (χ1v) is 8.50. The normalized spacial score (nSPS) is 10.7. The maximum Gasteiger partial charge on any atom is 0.271 e. The first-order valence-electron chi connectivity index (χ1n) is 8.12. The summed E-state index contributed by atoms with van der Waals surface area (Å²) in [7, 11) is 0. The molecule has 0 bridgehead atoms. The van der Waals surface area contributed by atoms with Crippen LogP contribution in [0.2, 0.25) is 5.02 Å². The molecule has 0 aliphatic carbocycles. The zero-order valence-corrected chi connectivity index (χ0v) is 15.0. The molecule has 0 saturated carbocycles. The average molecular weight is 361 g/mol. The van der Waals surface area contributed by atoms with Crippen LogP contribution in [0.1, 0.15) is 36.2 Å². The van der Waals surface area contributed by atoms with Crippen molar-refractivity contribution in [1.82, 2.24) is 5.43 Å². The zero-order chi connectivity index (χ0) is 18.1. The third-order valence-electron chi connectivity index (χ3n) is 3.23. The van der Waals surface area contributed by atoms with E-state index in [1.165, 1.54) is 6.21 Å². The van der Waals surface area contributed by atoms with Gasteiger partial charge in [-0.25, -0.2) is 5.43 Å². The van der Waals surface area contributed by atoms with Crippen molar-refractivity contribution in [3.8, 4) is 11.5 Å². The molecule has 0 aliphatic heterocycles. The number of hydrazone groups is 1. The van der Waals surface area contributed by atoms with E-state index in [1.54, 1.807) is 42.5 Å². The van der Waals surface area contributed by atoms with Gasteiger partial charge in [0, 0.05) is 16.1 Å². The lowest BCUT2D eigenvalue weighted by Crippen LogP contribution is -2.17. The van der Waals surface area contributed by atoms with Crippen LogP contribution in [0.4, 0.5) is 0 Å². The lowest BCUT2D eigenvalue weighted by Gasteiger charge is -2.08. The molecule has 2 aromatic rings. The Balaban J connectivity index is 2.02. The molecule has 132 valence electrons. The van der Waals surface area contributed by atoms with Gasteiger partial charge in [0.2, 0.25) is 0 Å². The molecule has 2 aromatic carbocycles. The second-order valence-corrected chi connectivity index (χ2v) is 5.62. The zero-order valence-electron chi connectivity index (χ0n) is 14.3. The van der Waals surface area contributed by atoms with Crippen molar-refractivity contribution in [3.05, 3.63) is 58.6 Å². The molecule has 5 nitrogen and oxygen atoms in total. The Hall–Kier alpha value is -2.53. The van der Waals surface area contributed by atoms with Crippen molar-refractivity contribution in [1.29, 1.82) is 0 Å². The van der Waals surface area contributed by atoms with Gasteiger partial charge in [0.25, 0.3) is 5.91 Å². The fourth-order valence-electron chi connectivity index (χ4n) is 2.06. The van der Waals surface area contributed by atoms with E-state index in [4.69, 9.17) is 21.1 Å². The summed E-state index contributed by atoms with van der Waals surface area (Å²) < 4.78 is 11.0. The number of ether oxygens (including phenoxy) is 2. The van der Waals surface area contributed by atoms with Gasteiger partial charge in [-0.15, -0.1) is 0 Å². The first kappa shape index (κ1) is 18.8. The molecule has 1 amide bonds. The van der Waals surface area contributed by atoms with Crippen LogP contribution in [0.25, 0.3) is 0 Å². The third-order valence-corrected chi connectivity index (χ3v) is 3.47. The van der Waals surface area contributed by atoms with E-state index in [-0.39, 0.29) is 5.91 Å². The molecule has 6 heteroatoms. The van der Waals surface area contributed by atoms with Crippen molar-refractivity contribution in [3.63, 3.8) is 0 Å². The van der Waals surface area contributed by atoms with Crippen LogP contribution >= 0.6 is 11.6 Å². The van der Waals surface area contributed by atoms with Crippen LogP contribution in [-0.4, -0.2) is 25.3 Å². The highest BCUT2D eigenvalue weighted by molar-refractivity contribution is 6.30. The van der Waals surface area contributed by atoms with Crippen LogP contribution in [0.15, 0.2) is 47.6 Å². The SMILES string of the molecule is CCCOc1ccc(Cl)cc1/C=N/NC(=O)c1ccc(OCC)cc1. The number of nitrogens with one attached hydrogen (secondary N) is 1. The lowest BCUT2D eigenvalue weighted by atomic mass is 10.2. The van der Waals surface area contributed by atoms with Gasteiger partial charge in [-0.05, 0) is 55.8 Å². The molecule has 0 radical (unpaired) electrons. The maximum atomic E-state index is 12.1. The van der Waals surface area contributed by atoms with Crippen molar-refractivity contribution < 1.29 is 14.3 Å². The Morgan fingerprint density at radius 3 is 2.60 bits per heavy atom. The van der Waals surface area contributed by atoms with E-state index in [9.17, 15) is 4.79 Å². The molecule has 0 aliphatic rings. The van der Waals surface area contributed by atoms with Crippen LogP contribution in [0.5, 0.6) is 11.5 Å². The van der Waals surface area contributed by atoms with Crippen LogP contribution in [-0.2, 0) is 0 Å².